The van der Waals surface area contributed by atoms with Crippen LogP contribution in [0.15, 0.2) is 18.2 Å². The van der Waals surface area contributed by atoms with Crippen LogP contribution < -0.4 is 10.1 Å². The van der Waals surface area contributed by atoms with Crippen LogP contribution in [0, 0.1) is 12.7 Å². The molecule has 1 aromatic carbocycles. The lowest BCUT2D eigenvalue weighted by molar-refractivity contribution is -0.145. The predicted octanol–water partition coefficient (Wildman–Crippen LogP) is 1.19. The molecule has 6 heteroatoms. The van der Waals surface area contributed by atoms with E-state index in [2.05, 4.69) is 10.1 Å². The van der Waals surface area contributed by atoms with E-state index in [4.69, 9.17) is 4.74 Å². The van der Waals surface area contributed by atoms with Crippen molar-refractivity contribution in [3.8, 4) is 5.75 Å². The molecular weight excluding hydrogens is 253 g/mol. The van der Waals surface area contributed by atoms with Crippen LogP contribution in [-0.4, -0.2) is 31.6 Å². The van der Waals surface area contributed by atoms with Gasteiger partial charge in [0.1, 0.15) is 18.2 Å². The van der Waals surface area contributed by atoms with Crippen LogP contribution in [0.5, 0.6) is 5.75 Å². The van der Waals surface area contributed by atoms with E-state index in [9.17, 15) is 14.0 Å². The molecule has 1 aromatic rings. The van der Waals surface area contributed by atoms with Gasteiger partial charge in [0.2, 0.25) is 5.91 Å². The molecule has 104 valence electrons. The van der Waals surface area contributed by atoms with Crippen LogP contribution in [0.1, 0.15) is 12.5 Å². The molecule has 0 aromatic heterocycles. The zero-order valence-electron chi connectivity index (χ0n) is 11.0. The second-order valence-electron chi connectivity index (χ2n) is 4.00. The maximum absolute atomic E-state index is 13.1. The number of methoxy groups -OCH3 is 1. The quantitative estimate of drug-likeness (QED) is 0.815. The molecule has 0 aliphatic carbocycles. The molecule has 0 saturated heterocycles. The minimum absolute atomic E-state index is 0.128. The van der Waals surface area contributed by atoms with Gasteiger partial charge >= 0.3 is 5.97 Å². The standard InChI is InChI=1S/C13H16FNO4/c1-8-4-5-10(14)6-12(8)19-7-11(13(17)18-3)15-9(2)16/h4-6,11H,7H2,1-3H3,(H,15,16). The number of aryl methyl sites for hydroxylation is 1. The highest BCUT2D eigenvalue weighted by Crippen LogP contribution is 2.18. The van der Waals surface area contributed by atoms with Crippen LogP contribution in [0.25, 0.3) is 0 Å². The van der Waals surface area contributed by atoms with Gasteiger partial charge in [-0.1, -0.05) is 6.07 Å². The molecule has 0 radical (unpaired) electrons. The summed E-state index contributed by atoms with van der Waals surface area (Å²) in [4.78, 5) is 22.4. The van der Waals surface area contributed by atoms with Crippen LogP contribution in [0.3, 0.4) is 0 Å². The van der Waals surface area contributed by atoms with Crippen LogP contribution in [-0.2, 0) is 14.3 Å². The van der Waals surface area contributed by atoms with Crippen molar-refractivity contribution in [2.75, 3.05) is 13.7 Å². The third-order valence-corrected chi connectivity index (χ3v) is 2.42. The molecule has 0 aliphatic heterocycles. The van der Waals surface area contributed by atoms with Crippen molar-refractivity contribution in [1.82, 2.24) is 5.32 Å². The second-order valence-corrected chi connectivity index (χ2v) is 4.00. The lowest BCUT2D eigenvalue weighted by Gasteiger charge is -2.17. The van der Waals surface area contributed by atoms with Gasteiger partial charge in [0.15, 0.2) is 6.04 Å². The Hall–Kier alpha value is -2.11. The molecule has 1 rings (SSSR count). The van der Waals surface area contributed by atoms with Crippen molar-refractivity contribution >= 4 is 11.9 Å². The number of amides is 1. The molecule has 0 fully saturated rings. The smallest absolute Gasteiger partial charge is 0.331 e. The Morgan fingerprint density at radius 3 is 2.68 bits per heavy atom. The molecular formula is C13H16FNO4. The SMILES string of the molecule is COC(=O)C(COc1cc(F)ccc1C)NC(C)=O. The topological polar surface area (TPSA) is 64.6 Å². The van der Waals surface area contributed by atoms with E-state index in [0.717, 1.165) is 5.56 Å². The number of esters is 1. The fourth-order valence-electron chi connectivity index (χ4n) is 1.46. The number of rotatable bonds is 5. The third-order valence-electron chi connectivity index (χ3n) is 2.42. The van der Waals surface area contributed by atoms with Crippen molar-refractivity contribution in [3.05, 3.63) is 29.6 Å². The Labute approximate surface area is 110 Å². The van der Waals surface area contributed by atoms with Crippen molar-refractivity contribution in [1.29, 1.82) is 0 Å². The summed E-state index contributed by atoms with van der Waals surface area (Å²) in [5, 5.41) is 2.40. The number of nitrogens with one attached hydrogen (secondary N) is 1. The number of hydrogen-bond donors (Lipinski definition) is 1. The van der Waals surface area contributed by atoms with E-state index in [-0.39, 0.29) is 12.5 Å². The molecule has 19 heavy (non-hydrogen) atoms. The summed E-state index contributed by atoms with van der Waals surface area (Å²) in [6.45, 7) is 2.90. The molecule has 1 atom stereocenters. The first kappa shape index (κ1) is 14.9. The van der Waals surface area contributed by atoms with Crippen LogP contribution >= 0.6 is 0 Å². The van der Waals surface area contributed by atoms with Crippen molar-refractivity contribution in [2.24, 2.45) is 0 Å². The molecule has 1 amide bonds. The minimum atomic E-state index is -0.926. The number of carbonyl (C=O) groups is 2. The number of benzene rings is 1. The van der Waals surface area contributed by atoms with Gasteiger partial charge in [-0.2, -0.15) is 0 Å². The zero-order chi connectivity index (χ0) is 14.4. The summed E-state index contributed by atoms with van der Waals surface area (Å²) in [6, 6.07) is 3.17. The van der Waals surface area contributed by atoms with Crippen LogP contribution in [0.2, 0.25) is 0 Å². The summed E-state index contributed by atoms with van der Waals surface area (Å²) in [5.74, 6) is -1.12. The first-order valence-electron chi connectivity index (χ1n) is 5.68. The van der Waals surface area contributed by atoms with E-state index < -0.39 is 17.8 Å². The maximum atomic E-state index is 13.1. The summed E-state index contributed by atoms with van der Waals surface area (Å²) in [6.07, 6.45) is 0. The Morgan fingerprint density at radius 1 is 1.42 bits per heavy atom. The van der Waals surface area contributed by atoms with Crippen LogP contribution in [0.4, 0.5) is 4.39 Å². The molecule has 0 aliphatic rings. The summed E-state index contributed by atoms with van der Waals surface area (Å²) >= 11 is 0. The van der Waals surface area contributed by atoms with E-state index in [0.29, 0.717) is 5.75 Å². The molecule has 1 N–H and O–H groups in total. The van der Waals surface area contributed by atoms with Gasteiger partial charge < -0.3 is 14.8 Å². The average molecular weight is 269 g/mol. The summed E-state index contributed by atoms with van der Waals surface area (Å²) in [7, 11) is 1.21. The van der Waals surface area contributed by atoms with Crippen molar-refractivity contribution in [3.63, 3.8) is 0 Å². The Balaban J connectivity index is 2.72. The number of halogens is 1. The Bertz CT molecular complexity index is 476. The highest BCUT2D eigenvalue weighted by Gasteiger charge is 2.21. The van der Waals surface area contributed by atoms with Gasteiger partial charge in [0, 0.05) is 13.0 Å². The van der Waals surface area contributed by atoms with E-state index in [1.807, 2.05) is 0 Å². The van der Waals surface area contributed by atoms with Gasteiger partial charge in [-0.3, -0.25) is 4.79 Å². The Kier molecular flexibility index (Phi) is 5.29. The highest BCUT2D eigenvalue weighted by atomic mass is 19.1. The number of ether oxygens (including phenoxy) is 2. The normalized spacial score (nSPS) is 11.6. The Morgan fingerprint density at radius 2 is 2.11 bits per heavy atom. The zero-order valence-corrected chi connectivity index (χ0v) is 11.0. The monoisotopic (exact) mass is 269 g/mol. The largest absolute Gasteiger partial charge is 0.490 e. The molecule has 0 heterocycles. The van der Waals surface area contributed by atoms with Crippen molar-refractivity contribution < 1.29 is 23.5 Å². The minimum Gasteiger partial charge on any atom is -0.490 e. The molecule has 5 nitrogen and oxygen atoms in total. The summed E-state index contributed by atoms with van der Waals surface area (Å²) in [5.41, 5.74) is 0.729. The fraction of sp³-hybridized carbons (Fsp3) is 0.385. The number of hydrogen-bond acceptors (Lipinski definition) is 4. The highest BCUT2D eigenvalue weighted by molar-refractivity contribution is 5.83. The van der Waals surface area contributed by atoms with Crippen molar-refractivity contribution in [2.45, 2.75) is 19.9 Å². The van der Waals surface area contributed by atoms with Gasteiger partial charge in [-0.15, -0.1) is 0 Å². The van der Waals surface area contributed by atoms with E-state index in [1.54, 1.807) is 13.0 Å². The maximum Gasteiger partial charge on any atom is 0.331 e. The number of carbonyl (C=O) groups excluding carboxylic acids is 2. The predicted molar refractivity (Wildman–Crippen MR) is 66.3 cm³/mol. The second kappa shape index (κ2) is 6.72. The molecule has 1 unspecified atom stereocenters. The molecule has 0 bridgehead atoms. The van der Waals surface area contributed by atoms with E-state index in [1.165, 1.54) is 26.2 Å². The van der Waals surface area contributed by atoms with Gasteiger partial charge in [0.05, 0.1) is 7.11 Å². The van der Waals surface area contributed by atoms with Gasteiger partial charge in [0.25, 0.3) is 0 Å². The van der Waals surface area contributed by atoms with Gasteiger partial charge in [-0.25, -0.2) is 9.18 Å². The van der Waals surface area contributed by atoms with E-state index >= 15 is 0 Å². The summed E-state index contributed by atoms with van der Waals surface area (Å²) < 4.78 is 23.0. The lowest BCUT2D eigenvalue weighted by Crippen LogP contribution is -2.44. The van der Waals surface area contributed by atoms with Gasteiger partial charge in [-0.05, 0) is 18.6 Å². The first-order chi connectivity index (χ1) is 8.93. The molecule has 0 spiro atoms. The third kappa shape index (κ3) is 4.57. The fourth-order valence-corrected chi connectivity index (χ4v) is 1.46. The first-order valence-corrected chi connectivity index (χ1v) is 5.68. The molecule has 0 saturated carbocycles. The lowest BCUT2D eigenvalue weighted by atomic mass is 10.2. The average Bonchev–Trinajstić information content (AvgIpc) is 2.36.